The van der Waals surface area contributed by atoms with Gasteiger partial charge in [0.1, 0.15) is 12.4 Å². The van der Waals surface area contributed by atoms with Crippen LogP contribution in [0.5, 0.6) is 0 Å². The van der Waals surface area contributed by atoms with E-state index in [-0.39, 0.29) is 11.3 Å². The molecular formula is C16H12F3N5O2. The highest BCUT2D eigenvalue weighted by Crippen LogP contribution is 2.20. The lowest BCUT2D eigenvalue weighted by atomic mass is 10.2. The van der Waals surface area contributed by atoms with E-state index < -0.39 is 35.7 Å². The topological polar surface area (TPSA) is 73.0 Å². The van der Waals surface area contributed by atoms with Crippen molar-refractivity contribution in [2.24, 2.45) is 0 Å². The molecule has 3 rings (SSSR count). The standard InChI is InChI=1S/C16H12F3N5O2/c1-22(13-8-3-2-5-10(13)9-17)15(25)24-16(26)23(20-21-24)14-11(18)6-4-7-12(14)19/h2-8H,9H2,1H3. The van der Waals surface area contributed by atoms with Crippen molar-refractivity contribution in [2.75, 3.05) is 11.9 Å². The van der Waals surface area contributed by atoms with Crippen molar-refractivity contribution in [3.8, 4) is 5.69 Å². The normalized spacial score (nSPS) is 10.8. The van der Waals surface area contributed by atoms with Gasteiger partial charge >= 0.3 is 11.7 Å². The van der Waals surface area contributed by atoms with Gasteiger partial charge in [0, 0.05) is 12.6 Å². The molecule has 0 aliphatic rings. The number of halogens is 3. The molecule has 0 atom stereocenters. The lowest BCUT2D eigenvalue weighted by Gasteiger charge is -2.18. The Morgan fingerprint density at radius 3 is 2.38 bits per heavy atom. The largest absolute Gasteiger partial charge is 0.377 e. The van der Waals surface area contributed by atoms with Crippen LogP contribution in [0.3, 0.4) is 0 Å². The van der Waals surface area contributed by atoms with E-state index in [1.807, 2.05) is 0 Å². The summed E-state index contributed by atoms with van der Waals surface area (Å²) in [6, 6.07) is 8.19. The van der Waals surface area contributed by atoms with Gasteiger partial charge in [-0.05, 0) is 28.6 Å². The predicted octanol–water partition coefficient (Wildman–Crippen LogP) is 2.28. The van der Waals surface area contributed by atoms with Crippen LogP contribution in [-0.2, 0) is 6.67 Å². The third-order valence-electron chi connectivity index (χ3n) is 3.70. The maximum absolute atomic E-state index is 13.8. The summed E-state index contributed by atoms with van der Waals surface area (Å²) < 4.78 is 41.4. The zero-order chi connectivity index (χ0) is 18.8. The van der Waals surface area contributed by atoms with E-state index >= 15 is 0 Å². The maximum atomic E-state index is 13.8. The van der Waals surface area contributed by atoms with E-state index in [0.717, 1.165) is 23.1 Å². The van der Waals surface area contributed by atoms with E-state index in [2.05, 4.69) is 10.4 Å². The van der Waals surface area contributed by atoms with Crippen LogP contribution >= 0.6 is 0 Å². The Bertz CT molecular complexity index is 1010. The lowest BCUT2D eigenvalue weighted by Crippen LogP contribution is -2.39. The third-order valence-corrected chi connectivity index (χ3v) is 3.70. The Morgan fingerprint density at radius 2 is 1.73 bits per heavy atom. The zero-order valence-electron chi connectivity index (χ0n) is 13.4. The fraction of sp³-hybridized carbons (Fsp3) is 0.125. The molecule has 1 aromatic heterocycles. The molecule has 0 unspecified atom stereocenters. The van der Waals surface area contributed by atoms with Crippen molar-refractivity contribution in [1.82, 2.24) is 19.8 Å². The Hall–Kier alpha value is -3.43. The first kappa shape index (κ1) is 17.4. The average molecular weight is 363 g/mol. The summed E-state index contributed by atoms with van der Waals surface area (Å²) in [5.41, 5.74) is -1.46. The van der Waals surface area contributed by atoms with Gasteiger partial charge in [0.25, 0.3) is 0 Å². The Balaban J connectivity index is 2.03. The summed E-state index contributed by atoms with van der Waals surface area (Å²) in [7, 11) is 1.31. The smallest absolute Gasteiger partial charge is 0.295 e. The van der Waals surface area contributed by atoms with Gasteiger partial charge in [0.05, 0.1) is 5.69 Å². The summed E-state index contributed by atoms with van der Waals surface area (Å²) in [5, 5.41) is 6.74. The monoisotopic (exact) mass is 363 g/mol. The number of tetrazole rings is 1. The third kappa shape index (κ3) is 2.85. The average Bonchev–Trinajstić information content (AvgIpc) is 3.01. The fourth-order valence-corrected chi connectivity index (χ4v) is 2.39. The lowest BCUT2D eigenvalue weighted by molar-refractivity contribution is 0.245. The molecule has 0 aliphatic carbocycles. The first-order valence-electron chi connectivity index (χ1n) is 7.37. The molecule has 1 amide bonds. The van der Waals surface area contributed by atoms with Crippen molar-refractivity contribution >= 4 is 11.7 Å². The van der Waals surface area contributed by atoms with Crippen LogP contribution in [0.25, 0.3) is 5.69 Å². The molecule has 1 heterocycles. The van der Waals surface area contributed by atoms with E-state index in [4.69, 9.17) is 0 Å². The minimum atomic E-state index is -1.16. The summed E-state index contributed by atoms with van der Waals surface area (Å²) in [6.45, 7) is -0.824. The minimum Gasteiger partial charge on any atom is -0.295 e. The molecule has 134 valence electrons. The molecule has 10 heteroatoms. The summed E-state index contributed by atoms with van der Waals surface area (Å²) >= 11 is 0. The van der Waals surface area contributed by atoms with Crippen LogP contribution in [0.4, 0.5) is 23.7 Å². The van der Waals surface area contributed by atoms with Gasteiger partial charge in [0.2, 0.25) is 0 Å². The highest BCUT2D eigenvalue weighted by Gasteiger charge is 2.24. The van der Waals surface area contributed by atoms with Gasteiger partial charge in [0.15, 0.2) is 11.6 Å². The highest BCUT2D eigenvalue weighted by atomic mass is 19.1. The maximum Gasteiger partial charge on any atom is 0.377 e. The number of para-hydroxylation sites is 2. The Labute approximate surface area is 144 Å². The quantitative estimate of drug-likeness (QED) is 0.670. The summed E-state index contributed by atoms with van der Waals surface area (Å²) in [6.07, 6.45) is 0. The molecule has 0 saturated carbocycles. The molecule has 2 aromatic carbocycles. The number of benzene rings is 2. The second kappa shape index (κ2) is 6.82. The molecule has 0 aliphatic heterocycles. The first-order chi connectivity index (χ1) is 12.5. The van der Waals surface area contributed by atoms with Gasteiger partial charge in [-0.2, -0.15) is 4.68 Å². The number of alkyl halides is 1. The second-order valence-corrected chi connectivity index (χ2v) is 5.26. The van der Waals surface area contributed by atoms with Gasteiger partial charge in [-0.25, -0.2) is 22.8 Å². The van der Waals surface area contributed by atoms with Crippen LogP contribution in [0.1, 0.15) is 5.56 Å². The van der Waals surface area contributed by atoms with E-state index in [1.165, 1.54) is 19.2 Å². The van der Waals surface area contributed by atoms with E-state index in [1.54, 1.807) is 12.1 Å². The minimum absolute atomic E-state index is 0.221. The number of carbonyl (C=O) groups excluding carboxylic acids is 1. The number of hydrogen-bond acceptors (Lipinski definition) is 4. The van der Waals surface area contributed by atoms with Crippen molar-refractivity contribution < 1.29 is 18.0 Å². The van der Waals surface area contributed by atoms with Crippen molar-refractivity contribution in [2.45, 2.75) is 6.67 Å². The molecule has 0 radical (unpaired) electrons. The molecule has 0 saturated heterocycles. The van der Waals surface area contributed by atoms with Gasteiger partial charge in [-0.15, -0.1) is 4.68 Å². The van der Waals surface area contributed by atoms with Gasteiger partial charge < -0.3 is 0 Å². The predicted molar refractivity (Wildman–Crippen MR) is 86.0 cm³/mol. The number of rotatable bonds is 3. The van der Waals surface area contributed by atoms with Crippen LogP contribution < -0.4 is 10.6 Å². The SMILES string of the molecule is CN(C(=O)n1nnn(-c2c(F)cccc2F)c1=O)c1ccccc1CF. The van der Waals surface area contributed by atoms with Crippen LogP contribution in [0.15, 0.2) is 47.3 Å². The van der Waals surface area contributed by atoms with E-state index in [9.17, 15) is 22.8 Å². The van der Waals surface area contributed by atoms with Gasteiger partial charge in [-0.3, -0.25) is 4.90 Å². The number of anilines is 1. The summed E-state index contributed by atoms with van der Waals surface area (Å²) in [5.74, 6) is -2.08. The number of aromatic nitrogens is 4. The van der Waals surface area contributed by atoms with E-state index in [0.29, 0.717) is 9.36 Å². The van der Waals surface area contributed by atoms with Crippen LogP contribution in [0, 0.1) is 11.6 Å². The number of carbonyl (C=O) groups is 1. The van der Waals surface area contributed by atoms with Crippen molar-refractivity contribution in [3.05, 3.63) is 70.1 Å². The number of hydrogen-bond donors (Lipinski definition) is 0. The van der Waals surface area contributed by atoms with Crippen molar-refractivity contribution in [3.63, 3.8) is 0 Å². The number of amides is 1. The molecular weight excluding hydrogens is 351 g/mol. The molecule has 0 N–H and O–H groups in total. The molecule has 0 fully saturated rings. The van der Waals surface area contributed by atoms with Crippen LogP contribution in [0.2, 0.25) is 0 Å². The molecule has 26 heavy (non-hydrogen) atoms. The Morgan fingerprint density at radius 1 is 1.08 bits per heavy atom. The zero-order valence-corrected chi connectivity index (χ0v) is 13.4. The molecule has 7 nitrogen and oxygen atoms in total. The second-order valence-electron chi connectivity index (χ2n) is 5.26. The molecule has 0 bridgehead atoms. The van der Waals surface area contributed by atoms with Crippen molar-refractivity contribution in [1.29, 1.82) is 0 Å². The first-order valence-corrected chi connectivity index (χ1v) is 7.37. The van der Waals surface area contributed by atoms with Crippen LogP contribution in [-0.4, -0.2) is 32.9 Å². The molecule has 3 aromatic rings. The highest BCUT2D eigenvalue weighted by molar-refractivity contribution is 5.93. The molecule has 0 spiro atoms. The Kier molecular flexibility index (Phi) is 4.57. The van der Waals surface area contributed by atoms with Gasteiger partial charge in [-0.1, -0.05) is 24.3 Å². The summed E-state index contributed by atoms with van der Waals surface area (Å²) in [4.78, 5) is 25.9. The number of nitrogens with zero attached hydrogens (tertiary/aromatic N) is 5. The fourth-order valence-electron chi connectivity index (χ4n) is 2.39.